The van der Waals surface area contributed by atoms with Gasteiger partial charge in [-0.25, -0.2) is 9.46 Å². The summed E-state index contributed by atoms with van der Waals surface area (Å²) in [5, 5.41) is 0. The van der Waals surface area contributed by atoms with E-state index in [0.29, 0.717) is 30.8 Å². The molecule has 0 fully saturated rings. The van der Waals surface area contributed by atoms with Crippen LogP contribution in [0.1, 0.15) is 69.0 Å². The maximum atomic E-state index is 13.2. The first-order valence-corrected chi connectivity index (χ1v) is 20.6. The smallest absolute Gasteiger partial charge is 0.331 e. The summed E-state index contributed by atoms with van der Waals surface area (Å²) in [5.41, 5.74) is 1.01. The van der Waals surface area contributed by atoms with Crippen LogP contribution >= 0.6 is 18.9 Å². The lowest BCUT2D eigenvalue weighted by Crippen LogP contribution is -2.34. The van der Waals surface area contributed by atoms with Crippen molar-refractivity contribution in [2.45, 2.75) is 71.4 Å². The van der Waals surface area contributed by atoms with E-state index in [2.05, 4.69) is 54.5 Å². The Morgan fingerprint density at radius 2 is 1.52 bits per heavy atom. The summed E-state index contributed by atoms with van der Waals surface area (Å²) in [6.07, 6.45) is 3.76. The maximum absolute atomic E-state index is 13.2. The van der Waals surface area contributed by atoms with E-state index < -0.39 is 30.6 Å². The molecule has 2 atom stereocenters. The van der Waals surface area contributed by atoms with E-state index in [0.717, 1.165) is 33.1 Å². The molecule has 1 unspecified atom stereocenters. The molecule has 1 N–H and O–H groups in total. The number of rotatable bonds is 18. The molecule has 0 saturated carbocycles. The summed E-state index contributed by atoms with van der Waals surface area (Å²) in [4.78, 5) is 33.0. The Balaban J connectivity index is 1.64. The van der Waals surface area contributed by atoms with Crippen molar-refractivity contribution in [2.75, 3.05) is 34.5 Å². The van der Waals surface area contributed by atoms with Crippen molar-refractivity contribution >= 4 is 25.1 Å². The molecule has 0 radical (unpaired) electrons. The second-order valence-corrected chi connectivity index (χ2v) is 16.7. The highest BCUT2D eigenvalue weighted by atomic mass is 32.7. The molecule has 54 heavy (non-hydrogen) atoms. The van der Waals surface area contributed by atoms with Gasteiger partial charge >= 0.3 is 5.69 Å². The minimum absolute atomic E-state index is 0.0535. The van der Waals surface area contributed by atoms with E-state index in [-0.39, 0.29) is 18.7 Å². The van der Waals surface area contributed by atoms with Crippen molar-refractivity contribution in [3.8, 4) is 11.5 Å². The van der Waals surface area contributed by atoms with Crippen molar-refractivity contribution in [3.63, 3.8) is 0 Å². The number of aryl methyl sites for hydroxylation is 1. The van der Waals surface area contributed by atoms with Gasteiger partial charge in [0.1, 0.15) is 29.5 Å². The van der Waals surface area contributed by atoms with Gasteiger partial charge in [-0.05, 0) is 75.6 Å². The van der Waals surface area contributed by atoms with Crippen molar-refractivity contribution in [3.05, 3.63) is 139 Å². The lowest BCUT2D eigenvalue weighted by atomic mass is 9.80. The largest absolute Gasteiger partial charge is 0.497 e. The molecular formula is C41H51N4O7PS. The fourth-order valence-corrected chi connectivity index (χ4v) is 11.3. The maximum Gasteiger partial charge on any atom is 0.331 e. The van der Waals surface area contributed by atoms with E-state index >= 15 is 0 Å². The molecule has 1 aliphatic rings. The second kappa shape index (κ2) is 18.9. The summed E-state index contributed by atoms with van der Waals surface area (Å²) < 4.78 is 35.5. The lowest BCUT2D eigenvalue weighted by molar-refractivity contribution is -0.0129. The zero-order valence-electron chi connectivity index (χ0n) is 32.3. The van der Waals surface area contributed by atoms with Gasteiger partial charge in [-0.2, -0.15) is 0 Å². The van der Waals surface area contributed by atoms with E-state index in [1.165, 1.54) is 4.57 Å². The molecule has 0 amide bonds. The number of aliphatic imine (C=N–C) groups is 1. The summed E-state index contributed by atoms with van der Waals surface area (Å²) >= 11 is 1.62. The van der Waals surface area contributed by atoms with Gasteiger partial charge < -0.3 is 28.5 Å². The molecule has 1 aromatic heterocycles. The Labute approximate surface area is 323 Å². The highest BCUT2D eigenvalue weighted by molar-refractivity contribution is 8.55. The van der Waals surface area contributed by atoms with Crippen LogP contribution in [-0.2, 0) is 19.6 Å². The number of aromatic nitrogens is 2. The van der Waals surface area contributed by atoms with Crippen molar-refractivity contribution < 1.29 is 23.5 Å². The predicted octanol–water partition coefficient (Wildman–Crippen LogP) is 8.19. The van der Waals surface area contributed by atoms with Gasteiger partial charge in [0.25, 0.3) is 5.56 Å². The van der Waals surface area contributed by atoms with Crippen LogP contribution in [0.5, 0.6) is 11.5 Å². The first-order valence-electron chi connectivity index (χ1n) is 18.0. The van der Waals surface area contributed by atoms with Gasteiger partial charge in [-0.1, -0.05) is 66.0 Å². The third-order valence-corrected chi connectivity index (χ3v) is 13.6. The molecule has 0 aliphatic carbocycles. The van der Waals surface area contributed by atoms with E-state index in [4.69, 9.17) is 23.5 Å². The fraction of sp³-hybridized carbons (Fsp3) is 0.390. The number of hydrogen-bond acceptors (Lipinski definition) is 10. The van der Waals surface area contributed by atoms with Gasteiger partial charge in [0, 0.05) is 54.9 Å². The third-order valence-electron chi connectivity index (χ3n) is 9.06. The second-order valence-electron chi connectivity index (χ2n) is 13.4. The van der Waals surface area contributed by atoms with Crippen LogP contribution in [0.3, 0.4) is 0 Å². The summed E-state index contributed by atoms with van der Waals surface area (Å²) in [6, 6.07) is 26.2. The van der Waals surface area contributed by atoms with Crippen molar-refractivity contribution in [1.82, 2.24) is 14.2 Å². The Hall–Kier alpha value is -4.19. The fourth-order valence-electron chi connectivity index (χ4n) is 6.47. The average molecular weight is 775 g/mol. The number of nitrogens with one attached hydrogen (secondary N) is 1. The van der Waals surface area contributed by atoms with Gasteiger partial charge in [-0.15, -0.1) is 0 Å². The number of nitrogens with zero attached hydrogens (tertiary/aromatic N) is 3. The summed E-state index contributed by atoms with van der Waals surface area (Å²) in [7, 11) is 3.82. The monoisotopic (exact) mass is 774 g/mol. The van der Waals surface area contributed by atoms with Gasteiger partial charge in [0.15, 0.2) is 13.7 Å². The SMILES string of the molecule is CN=CCCOP(SC1=C(COC(c2ccccc2)(c2ccc(OC)cc2)c2ccc(OC)cc2)O[C@@H](n2cc(C)c(=O)[nH]c2=O)C1)N(C(C)C)C(C)C. The number of hydrogen-bond donors (Lipinski definition) is 1. The van der Waals surface area contributed by atoms with Crippen LogP contribution in [0.25, 0.3) is 0 Å². The van der Waals surface area contributed by atoms with Crippen LogP contribution in [0, 0.1) is 6.92 Å². The molecule has 0 saturated heterocycles. The molecule has 11 nitrogen and oxygen atoms in total. The van der Waals surface area contributed by atoms with Crippen LogP contribution in [0.2, 0.25) is 0 Å². The number of H-pyrrole nitrogens is 1. The molecule has 2 heterocycles. The van der Waals surface area contributed by atoms with E-state index in [9.17, 15) is 9.59 Å². The van der Waals surface area contributed by atoms with Crippen LogP contribution in [-0.4, -0.2) is 67.0 Å². The lowest BCUT2D eigenvalue weighted by Gasteiger charge is -2.37. The van der Waals surface area contributed by atoms with Crippen LogP contribution in [0.4, 0.5) is 0 Å². The molecule has 0 bridgehead atoms. The number of benzene rings is 3. The highest BCUT2D eigenvalue weighted by Gasteiger charge is 2.41. The Bertz CT molecular complexity index is 1940. The zero-order valence-corrected chi connectivity index (χ0v) is 34.0. The number of aromatic amines is 1. The predicted molar refractivity (Wildman–Crippen MR) is 218 cm³/mol. The normalized spacial score (nSPS) is 15.4. The molecule has 3 aromatic carbocycles. The zero-order chi connectivity index (χ0) is 38.8. The van der Waals surface area contributed by atoms with Crippen LogP contribution < -0.4 is 20.7 Å². The topological polar surface area (TPSA) is 117 Å². The van der Waals surface area contributed by atoms with E-state index in [1.807, 2.05) is 72.9 Å². The van der Waals surface area contributed by atoms with Gasteiger partial charge in [-0.3, -0.25) is 14.3 Å². The summed E-state index contributed by atoms with van der Waals surface area (Å²) in [6.45, 7) is 10.9. The average Bonchev–Trinajstić information content (AvgIpc) is 3.57. The third kappa shape index (κ3) is 9.36. The minimum Gasteiger partial charge on any atom is -0.497 e. The molecule has 5 rings (SSSR count). The molecular weight excluding hydrogens is 724 g/mol. The Morgan fingerprint density at radius 1 is 0.944 bits per heavy atom. The summed E-state index contributed by atoms with van der Waals surface area (Å²) in [5.74, 6) is 2.03. The number of methoxy groups -OCH3 is 2. The quantitative estimate of drug-likeness (QED) is 0.0463. The van der Waals surface area contributed by atoms with Gasteiger partial charge in [0.2, 0.25) is 0 Å². The molecule has 4 aromatic rings. The molecule has 288 valence electrons. The first kappa shape index (κ1) is 41.0. The minimum atomic E-state index is -1.22. The van der Waals surface area contributed by atoms with E-state index in [1.54, 1.807) is 45.8 Å². The van der Waals surface area contributed by atoms with Crippen molar-refractivity contribution in [2.24, 2.45) is 4.99 Å². The molecule has 13 heteroatoms. The standard InChI is InChI=1S/C41H51N4O7PS/c1-28(2)45(29(3)4)53(51-24-12-23-42-6)54-37-25-38(44-26-30(5)39(46)43-40(44)47)52-36(37)27-50-41(31-13-10-9-11-14-31,32-15-19-34(48-7)20-16-32)33-17-21-35(49-8)22-18-33/h9-11,13-23,26,28-29,38H,12,24-25,27H2,1-8H3,(H,43,46,47)/t38-,53?/m1/s1. The Kier molecular flexibility index (Phi) is 14.4. The number of ether oxygens (including phenoxy) is 4. The highest BCUT2D eigenvalue weighted by Crippen LogP contribution is 2.62. The van der Waals surface area contributed by atoms with Crippen LogP contribution in [0.15, 0.2) is 110 Å². The van der Waals surface area contributed by atoms with Crippen molar-refractivity contribution in [1.29, 1.82) is 0 Å². The van der Waals surface area contributed by atoms with Gasteiger partial charge in [0.05, 0.1) is 20.8 Å². The first-order chi connectivity index (χ1) is 26.0. The Morgan fingerprint density at radius 3 is 2.06 bits per heavy atom. The molecule has 1 aliphatic heterocycles. The molecule has 0 spiro atoms.